The van der Waals surface area contributed by atoms with E-state index in [4.69, 9.17) is 15.2 Å². The average Bonchev–Trinajstić information content (AvgIpc) is 2.27. The number of aliphatic hydroxyl groups is 4. The van der Waals surface area contributed by atoms with Crippen LogP contribution in [0.15, 0.2) is 0 Å². The van der Waals surface area contributed by atoms with Gasteiger partial charge in [0.2, 0.25) is 14.4 Å². The van der Waals surface area contributed by atoms with Gasteiger partial charge >= 0.3 is 0 Å². The molecule has 0 fully saturated rings. The largest absolute Gasteiger partial charge is 0.390 e. The summed E-state index contributed by atoms with van der Waals surface area (Å²) in [4.78, 5) is 18.5. The van der Waals surface area contributed by atoms with Crippen molar-refractivity contribution in [3.63, 3.8) is 0 Å². The summed E-state index contributed by atoms with van der Waals surface area (Å²) in [6.45, 7) is -0.647. The summed E-state index contributed by atoms with van der Waals surface area (Å²) in [5, 5.41) is 45.6. The van der Waals surface area contributed by atoms with Crippen LogP contribution in [-0.4, -0.2) is 72.7 Å². The van der Waals surface area contributed by atoms with Crippen LogP contribution in [0.1, 0.15) is 6.42 Å². The lowest BCUT2D eigenvalue weighted by atomic mass is 10.1. The molecule has 1 amide bonds. The number of carbonyl (C=O) groups is 1. The molecule has 0 aromatic heterocycles. The van der Waals surface area contributed by atoms with Crippen LogP contribution in [0.25, 0.3) is 0 Å². The van der Waals surface area contributed by atoms with E-state index >= 15 is 0 Å². The van der Waals surface area contributed by atoms with E-state index in [1.54, 1.807) is 0 Å². The van der Waals surface area contributed by atoms with Crippen molar-refractivity contribution < 1.29 is 39.9 Å². The molecule has 0 aromatic carbocycles. The van der Waals surface area contributed by atoms with Crippen LogP contribution in [0.3, 0.4) is 0 Å². The lowest BCUT2D eigenvalue weighted by Gasteiger charge is -2.25. The third-order valence-corrected chi connectivity index (χ3v) is 2.84. The minimum absolute atomic E-state index is 0.0103. The zero-order valence-corrected chi connectivity index (χ0v) is 9.75. The zero-order valence-electron chi connectivity index (χ0n) is 8.75. The van der Waals surface area contributed by atoms with Gasteiger partial charge in [0.05, 0.1) is 12.6 Å². The molecule has 0 heterocycles. The number of nitrogens with zero attached hydrogens (tertiary/aromatic N) is 1. The van der Waals surface area contributed by atoms with Crippen molar-refractivity contribution in [1.82, 2.24) is 5.06 Å². The Bertz CT molecular complexity index is 264. The summed E-state index contributed by atoms with van der Waals surface area (Å²) in [5.74, 6) is -1.70. The quantitative estimate of drug-likeness (QED) is 0.119. The van der Waals surface area contributed by atoms with E-state index in [9.17, 15) is 24.7 Å². The summed E-state index contributed by atoms with van der Waals surface area (Å²) in [7, 11) is -3.26. The van der Waals surface area contributed by atoms with Crippen molar-refractivity contribution in [2.24, 2.45) is 0 Å². The number of carbonyl (C=O) groups excluding carboxylic acids is 1. The van der Waals surface area contributed by atoms with Crippen molar-refractivity contribution in [2.45, 2.75) is 30.6 Å². The highest BCUT2D eigenvalue weighted by Crippen LogP contribution is 2.24. The van der Waals surface area contributed by atoms with Gasteiger partial charge in [0, 0.05) is 6.42 Å². The fourth-order valence-corrected chi connectivity index (χ4v) is 1.51. The normalized spacial score (nSPS) is 20.1. The Labute approximate surface area is 97.4 Å². The molecule has 102 valence electrons. The lowest BCUT2D eigenvalue weighted by Crippen LogP contribution is -2.44. The Balaban J connectivity index is 4.23. The topological polar surface area (TPSA) is 159 Å². The van der Waals surface area contributed by atoms with Crippen molar-refractivity contribution in [1.29, 1.82) is 0 Å². The molecule has 0 rings (SSSR count). The fourth-order valence-electron chi connectivity index (χ4n) is 1.07. The maximum Gasteiger partial charge on any atom is 0.233 e. The van der Waals surface area contributed by atoms with E-state index in [1.807, 2.05) is 0 Å². The molecule has 0 saturated carbocycles. The molecule has 0 bridgehead atoms. The second-order valence-corrected chi connectivity index (χ2v) is 4.79. The van der Waals surface area contributed by atoms with Gasteiger partial charge in [0.1, 0.15) is 18.1 Å². The van der Waals surface area contributed by atoms with Crippen LogP contribution in [0.4, 0.5) is 0 Å². The summed E-state index contributed by atoms with van der Waals surface area (Å²) in [6.07, 6.45) is -5.72. The van der Waals surface area contributed by atoms with Crippen LogP contribution >= 0.6 is 8.03 Å². The molecule has 0 aliphatic heterocycles. The first-order valence-electron chi connectivity index (χ1n) is 4.65. The predicted octanol–water partition coefficient (Wildman–Crippen LogP) is -2.91. The van der Waals surface area contributed by atoms with Crippen LogP contribution in [0.5, 0.6) is 0 Å². The second kappa shape index (κ2) is 7.72. The molecule has 0 saturated heterocycles. The number of hydrogen-bond donors (Lipinski definition) is 6. The number of aliphatic hydroxyl groups excluding tert-OH is 4. The molecular formula is C7H16NO8P. The van der Waals surface area contributed by atoms with Gasteiger partial charge in [-0.15, -0.1) is 0 Å². The number of hydroxylamine groups is 2. The Morgan fingerprint density at radius 2 is 1.71 bits per heavy atom. The first-order valence-corrected chi connectivity index (χ1v) is 6.08. The second-order valence-electron chi connectivity index (χ2n) is 3.44. The third-order valence-electron chi connectivity index (χ3n) is 2.03. The standard InChI is InChI=1S/C7H16NO8P/c9-3-8(14)2-5(11)7(13)4(10)1-6(12)17(15)16/h3-7,10-14,17H,1-2H2,(H,15,16)/t4-,5+,6?,7-/m1/s1. The fraction of sp³-hybridized carbons (Fsp3) is 0.857. The van der Waals surface area contributed by atoms with Crippen LogP contribution in [0, 0.1) is 0 Å². The zero-order chi connectivity index (χ0) is 13.6. The smallest absolute Gasteiger partial charge is 0.233 e. The van der Waals surface area contributed by atoms with E-state index in [2.05, 4.69) is 0 Å². The van der Waals surface area contributed by atoms with E-state index in [0.29, 0.717) is 0 Å². The minimum Gasteiger partial charge on any atom is -0.390 e. The average molecular weight is 273 g/mol. The van der Waals surface area contributed by atoms with Gasteiger partial charge in [0.15, 0.2) is 0 Å². The molecule has 17 heavy (non-hydrogen) atoms. The third kappa shape index (κ3) is 6.08. The van der Waals surface area contributed by atoms with Gasteiger partial charge in [-0.05, 0) is 0 Å². The maximum absolute atomic E-state index is 10.4. The number of amides is 1. The van der Waals surface area contributed by atoms with Gasteiger partial charge in [-0.3, -0.25) is 14.6 Å². The molecule has 0 spiro atoms. The Kier molecular flexibility index (Phi) is 7.48. The molecule has 6 N–H and O–H groups in total. The van der Waals surface area contributed by atoms with E-state index in [-0.39, 0.29) is 11.5 Å². The van der Waals surface area contributed by atoms with Gasteiger partial charge < -0.3 is 25.3 Å². The molecule has 0 aromatic rings. The molecule has 9 nitrogen and oxygen atoms in total. The van der Waals surface area contributed by atoms with Gasteiger partial charge in [-0.25, -0.2) is 5.06 Å². The molecule has 5 atom stereocenters. The van der Waals surface area contributed by atoms with Gasteiger partial charge in [-0.2, -0.15) is 0 Å². The molecule has 0 radical (unpaired) electrons. The highest BCUT2D eigenvalue weighted by atomic mass is 31.1. The Morgan fingerprint density at radius 3 is 2.12 bits per heavy atom. The van der Waals surface area contributed by atoms with Crippen molar-refractivity contribution in [3.8, 4) is 0 Å². The Morgan fingerprint density at radius 1 is 1.18 bits per heavy atom. The van der Waals surface area contributed by atoms with Gasteiger partial charge in [-0.1, -0.05) is 0 Å². The molecule has 0 aliphatic carbocycles. The van der Waals surface area contributed by atoms with E-state index < -0.39 is 45.2 Å². The molecule has 2 unspecified atom stereocenters. The Hall–Kier alpha value is -0.540. The first kappa shape index (κ1) is 16.5. The van der Waals surface area contributed by atoms with Crippen LogP contribution in [0.2, 0.25) is 0 Å². The first-order chi connectivity index (χ1) is 7.79. The molecule has 10 heteroatoms. The van der Waals surface area contributed by atoms with Gasteiger partial charge in [0.25, 0.3) is 0 Å². The molecular weight excluding hydrogens is 257 g/mol. The lowest BCUT2D eigenvalue weighted by molar-refractivity contribution is -0.163. The van der Waals surface area contributed by atoms with Crippen LogP contribution in [-0.2, 0) is 9.36 Å². The predicted molar refractivity (Wildman–Crippen MR) is 54.4 cm³/mol. The number of rotatable bonds is 8. The summed E-state index contributed by atoms with van der Waals surface area (Å²) in [6, 6.07) is 0. The molecule has 0 aliphatic rings. The van der Waals surface area contributed by atoms with Crippen molar-refractivity contribution in [3.05, 3.63) is 0 Å². The number of hydrogen-bond acceptors (Lipinski definition) is 7. The highest BCUT2D eigenvalue weighted by molar-refractivity contribution is 7.38. The highest BCUT2D eigenvalue weighted by Gasteiger charge is 2.28. The minimum atomic E-state index is -3.26. The maximum atomic E-state index is 10.4. The summed E-state index contributed by atoms with van der Waals surface area (Å²) < 4.78 is 10.4. The van der Waals surface area contributed by atoms with E-state index in [1.165, 1.54) is 0 Å². The van der Waals surface area contributed by atoms with Crippen molar-refractivity contribution >= 4 is 14.4 Å². The monoisotopic (exact) mass is 273 g/mol. The SMILES string of the molecule is O=CN(O)C[C@H](O)[C@H](O)[C@H](O)CC(O)[PH](=O)O. The van der Waals surface area contributed by atoms with Crippen molar-refractivity contribution in [2.75, 3.05) is 6.54 Å². The van der Waals surface area contributed by atoms with E-state index in [0.717, 1.165) is 0 Å². The summed E-state index contributed by atoms with van der Waals surface area (Å²) >= 11 is 0. The summed E-state index contributed by atoms with van der Waals surface area (Å²) in [5.41, 5.74) is 0. The van der Waals surface area contributed by atoms with Crippen LogP contribution < -0.4 is 0 Å².